The Morgan fingerprint density at radius 3 is 2.36 bits per heavy atom. The molecule has 0 aliphatic heterocycles. The molecule has 0 bridgehead atoms. The van der Waals surface area contributed by atoms with Crippen molar-refractivity contribution in [3.05, 3.63) is 71.3 Å². The van der Waals surface area contributed by atoms with E-state index in [0.717, 1.165) is 18.4 Å². The molecule has 0 fully saturated rings. The predicted octanol–water partition coefficient (Wildman–Crippen LogP) is 3.66. The summed E-state index contributed by atoms with van der Waals surface area (Å²) in [5.41, 5.74) is 2.85. The topological polar surface area (TPSA) is 81.0 Å². The number of benzene rings is 1. The number of carbonyl (C=O) groups is 1. The van der Waals surface area contributed by atoms with E-state index in [2.05, 4.69) is 30.0 Å². The molecule has 0 heterocycles. The quantitative estimate of drug-likeness (QED) is 0.184. The van der Waals surface area contributed by atoms with Crippen LogP contribution in [-0.2, 0) is 11.2 Å². The number of aryl methyl sites for hydroxylation is 1. The third-order valence-electron chi connectivity index (χ3n) is 5.38. The predicted molar refractivity (Wildman–Crippen MR) is 134 cm³/mol. The van der Waals surface area contributed by atoms with E-state index in [4.69, 9.17) is 10.2 Å². The van der Waals surface area contributed by atoms with Crippen molar-refractivity contribution < 1.29 is 20.1 Å². The maximum atomic E-state index is 12.3. The van der Waals surface area contributed by atoms with Gasteiger partial charge in [-0.1, -0.05) is 67.3 Å². The normalized spacial score (nSPS) is 14.0. The lowest BCUT2D eigenvalue weighted by Crippen LogP contribution is -2.36. The average Bonchev–Trinajstić information content (AvgIpc) is 2.82. The van der Waals surface area contributed by atoms with Crippen LogP contribution in [0.3, 0.4) is 0 Å². The van der Waals surface area contributed by atoms with Gasteiger partial charge in [-0.15, -0.1) is 0 Å². The van der Waals surface area contributed by atoms with Crippen LogP contribution in [0.2, 0.25) is 0 Å². The van der Waals surface area contributed by atoms with Crippen molar-refractivity contribution in [1.82, 2.24) is 4.90 Å². The number of aliphatic hydroxyl groups excluding tert-OH is 3. The summed E-state index contributed by atoms with van der Waals surface area (Å²) in [4.78, 5) is 13.7. The van der Waals surface area contributed by atoms with Crippen LogP contribution in [0.15, 0.2) is 65.8 Å². The highest BCUT2D eigenvalue weighted by Gasteiger charge is 2.14. The van der Waals surface area contributed by atoms with Crippen LogP contribution in [0.1, 0.15) is 45.6 Å². The van der Waals surface area contributed by atoms with Crippen LogP contribution >= 0.6 is 0 Å². The molecule has 0 unspecified atom stereocenters. The van der Waals surface area contributed by atoms with Gasteiger partial charge in [0.25, 0.3) is 0 Å². The lowest BCUT2D eigenvalue weighted by molar-refractivity contribution is -0.128. The Morgan fingerprint density at radius 1 is 1.06 bits per heavy atom. The summed E-state index contributed by atoms with van der Waals surface area (Å²) in [6, 6.07) is 10.3. The molecule has 33 heavy (non-hydrogen) atoms. The van der Waals surface area contributed by atoms with Gasteiger partial charge in [-0.3, -0.25) is 4.79 Å². The van der Waals surface area contributed by atoms with Crippen molar-refractivity contribution >= 4 is 5.91 Å². The van der Waals surface area contributed by atoms with Crippen LogP contribution < -0.4 is 0 Å². The van der Waals surface area contributed by atoms with Gasteiger partial charge in [0.15, 0.2) is 0 Å². The number of amides is 1. The smallest absolute Gasteiger partial charge is 0.249 e. The standard InChI is InChI=1S/C28H39NO4/c1-23(27(32)24(2)15-12-18-26-16-10-7-11-17-26)13-8-5-4-6-9-14-25(3)28(33)29(19-21-30)20-22-31/h7-8,10-11,13-17,23,27,30-32H,6,9,12,18-22H2,1-3H3/b13-8+,24-15+,25-14+/t23-,27-/m1/s1. The van der Waals surface area contributed by atoms with Gasteiger partial charge in [0.05, 0.1) is 19.3 Å². The molecule has 1 rings (SSSR count). The second-order valence-electron chi connectivity index (χ2n) is 8.12. The van der Waals surface area contributed by atoms with Crippen molar-refractivity contribution in [3.8, 4) is 11.8 Å². The number of hydrogen-bond donors (Lipinski definition) is 3. The number of nitrogens with zero attached hydrogens (tertiary/aromatic N) is 1. The van der Waals surface area contributed by atoms with Crippen molar-refractivity contribution in [3.63, 3.8) is 0 Å². The Labute approximate surface area is 199 Å². The Balaban J connectivity index is 2.43. The maximum Gasteiger partial charge on any atom is 0.249 e. The van der Waals surface area contributed by atoms with E-state index in [0.29, 0.717) is 18.4 Å². The van der Waals surface area contributed by atoms with Gasteiger partial charge in [0, 0.05) is 31.0 Å². The van der Waals surface area contributed by atoms with Crippen LogP contribution in [0.25, 0.3) is 0 Å². The summed E-state index contributed by atoms with van der Waals surface area (Å²) in [7, 11) is 0. The Bertz CT molecular complexity index is 840. The summed E-state index contributed by atoms with van der Waals surface area (Å²) in [6.07, 6.45) is 10.2. The van der Waals surface area contributed by atoms with E-state index in [1.165, 1.54) is 10.5 Å². The first-order valence-corrected chi connectivity index (χ1v) is 11.6. The molecule has 1 aromatic rings. The number of allylic oxidation sites excluding steroid dienone is 3. The fraction of sp³-hybridized carbons (Fsp3) is 0.464. The first-order chi connectivity index (χ1) is 15.9. The number of aliphatic hydroxyl groups is 3. The molecule has 0 spiro atoms. The van der Waals surface area contributed by atoms with E-state index in [1.54, 1.807) is 13.0 Å². The minimum absolute atomic E-state index is 0.0314. The van der Waals surface area contributed by atoms with E-state index >= 15 is 0 Å². The van der Waals surface area contributed by atoms with Crippen molar-refractivity contribution in [1.29, 1.82) is 0 Å². The zero-order valence-electron chi connectivity index (χ0n) is 20.2. The molecule has 0 aromatic heterocycles. The van der Waals surface area contributed by atoms with Gasteiger partial charge in [-0.2, -0.15) is 0 Å². The number of rotatable bonds is 13. The molecule has 0 aliphatic carbocycles. The molecule has 1 amide bonds. The van der Waals surface area contributed by atoms with Gasteiger partial charge >= 0.3 is 0 Å². The fourth-order valence-electron chi connectivity index (χ4n) is 3.34. The van der Waals surface area contributed by atoms with Crippen LogP contribution in [0.4, 0.5) is 0 Å². The molecule has 5 heteroatoms. The molecule has 0 aliphatic rings. The maximum absolute atomic E-state index is 12.3. The van der Waals surface area contributed by atoms with Crippen LogP contribution in [0, 0.1) is 17.8 Å². The summed E-state index contributed by atoms with van der Waals surface area (Å²) >= 11 is 0. The van der Waals surface area contributed by atoms with Gasteiger partial charge in [0.2, 0.25) is 5.91 Å². The van der Waals surface area contributed by atoms with Crippen molar-refractivity contribution in [2.75, 3.05) is 26.3 Å². The SMILES string of the molecule is C/C(=C\CCC#C/C=C/[C@@H](C)[C@@H](O)/C(C)=C/CCc1ccccc1)C(=O)N(CCO)CCO. The highest BCUT2D eigenvalue weighted by molar-refractivity contribution is 5.92. The first kappa shape index (κ1) is 28.4. The molecule has 2 atom stereocenters. The van der Waals surface area contributed by atoms with E-state index in [9.17, 15) is 9.90 Å². The van der Waals surface area contributed by atoms with E-state index in [-0.39, 0.29) is 38.1 Å². The molecular formula is C28H39NO4. The zero-order chi connectivity index (χ0) is 24.5. The number of carbonyl (C=O) groups excluding carboxylic acids is 1. The molecule has 0 saturated carbocycles. The largest absolute Gasteiger partial charge is 0.395 e. The average molecular weight is 454 g/mol. The number of unbranched alkanes of at least 4 members (excludes halogenated alkanes) is 1. The monoisotopic (exact) mass is 453 g/mol. The van der Waals surface area contributed by atoms with Gasteiger partial charge < -0.3 is 20.2 Å². The first-order valence-electron chi connectivity index (χ1n) is 11.6. The lowest BCUT2D eigenvalue weighted by atomic mass is 9.96. The van der Waals surface area contributed by atoms with Crippen molar-refractivity contribution in [2.24, 2.45) is 5.92 Å². The van der Waals surface area contributed by atoms with Gasteiger partial charge in [0.1, 0.15) is 0 Å². The summed E-state index contributed by atoms with van der Waals surface area (Å²) < 4.78 is 0. The molecule has 0 radical (unpaired) electrons. The Hall–Kier alpha value is -2.65. The van der Waals surface area contributed by atoms with E-state index in [1.807, 2.05) is 44.2 Å². The lowest BCUT2D eigenvalue weighted by Gasteiger charge is -2.20. The molecule has 1 aromatic carbocycles. The Morgan fingerprint density at radius 2 is 1.73 bits per heavy atom. The molecular weight excluding hydrogens is 414 g/mol. The van der Waals surface area contributed by atoms with Gasteiger partial charge in [-0.05, 0) is 50.3 Å². The zero-order valence-corrected chi connectivity index (χ0v) is 20.2. The summed E-state index contributed by atoms with van der Waals surface area (Å²) in [5, 5.41) is 28.6. The van der Waals surface area contributed by atoms with Crippen molar-refractivity contribution in [2.45, 2.75) is 52.6 Å². The highest BCUT2D eigenvalue weighted by atomic mass is 16.3. The third kappa shape index (κ3) is 11.7. The molecule has 3 N–H and O–H groups in total. The minimum Gasteiger partial charge on any atom is -0.395 e. The number of hydrogen-bond acceptors (Lipinski definition) is 4. The Kier molecular flexibility index (Phi) is 14.5. The summed E-state index contributed by atoms with van der Waals surface area (Å²) in [5.74, 6) is 5.83. The minimum atomic E-state index is -0.531. The van der Waals surface area contributed by atoms with Crippen LogP contribution in [0.5, 0.6) is 0 Å². The second kappa shape index (κ2) is 16.9. The highest BCUT2D eigenvalue weighted by Crippen LogP contribution is 2.15. The fourth-order valence-corrected chi connectivity index (χ4v) is 3.34. The second-order valence-corrected chi connectivity index (χ2v) is 8.12. The molecule has 5 nitrogen and oxygen atoms in total. The van der Waals surface area contributed by atoms with Crippen LogP contribution in [-0.4, -0.2) is 58.5 Å². The summed E-state index contributed by atoms with van der Waals surface area (Å²) in [6.45, 7) is 5.82. The van der Waals surface area contributed by atoms with E-state index < -0.39 is 6.10 Å². The van der Waals surface area contributed by atoms with Gasteiger partial charge in [-0.25, -0.2) is 0 Å². The molecule has 180 valence electrons. The molecule has 0 saturated heterocycles. The third-order valence-corrected chi connectivity index (χ3v) is 5.38.